The molecule has 72 heavy (non-hydrogen) atoms. The number of hydrogen-bond acceptors (Lipinski definition) is 12. The molecule has 392 valence electrons. The summed E-state index contributed by atoms with van der Waals surface area (Å²) in [4.78, 5) is 122. The van der Waals surface area contributed by atoms with Gasteiger partial charge in [-0.05, 0) is 68.4 Å². The van der Waals surface area contributed by atoms with Gasteiger partial charge in [-0.2, -0.15) is 11.8 Å². The van der Waals surface area contributed by atoms with E-state index in [1.807, 2.05) is 50.3 Å². The van der Waals surface area contributed by atoms with Crippen LogP contribution in [-0.2, 0) is 60.7 Å². The number of rotatable bonds is 14. The fourth-order valence-corrected chi connectivity index (χ4v) is 8.03. The lowest BCUT2D eigenvalue weighted by Gasteiger charge is -2.28. The van der Waals surface area contributed by atoms with Crippen LogP contribution < -0.4 is 31.9 Å². The molecule has 7 amide bonds. The van der Waals surface area contributed by atoms with Crippen molar-refractivity contribution in [3.63, 3.8) is 0 Å². The molecule has 10 atom stereocenters. The zero-order valence-electron chi connectivity index (χ0n) is 41.9. The monoisotopic (exact) mass is 1020 g/mol. The second-order valence-corrected chi connectivity index (χ2v) is 18.8. The number of benzene rings is 2. The third-order valence-electron chi connectivity index (χ3n) is 12.3. The molecule has 1 heterocycles. The number of phenolic OH excluding ortho intramolecular Hbond substituents is 1. The van der Waals surface area contributed by atoms with Gasteiger partial charge in [-0.3, -0.25) is 33.6 Å². The quantitative estimate of drug-likeness (QED) is 0.0969. The van der Waals surface area contributed by atoms with E-state index in [-0.39, 0.29) is 30.6 Å². The maximum Gasteiger partial charge on any atom is 0.327 e. The first-order valence-corrected chi connectivity index (χ1v) is 24.8. The van der Waals surface area contributed by atoms with E-state index in [2.05, 4.69) is 38.5 Å². The van der Waals surface area contributed by atoms with Crippen LogP contribution in [-0.4, -0.2) is 142 Å². The summed E-state index contributed by atoms with van der Waals surface area (Å²) in [7, 11) is 2.82. The largest absolute Gasteiger partial charge is 0.508 e. The molecule has 1 aliphatic rings. The van der Waals surface area contributed by atoms with Gasteiger partial charge in [0.15, 0.2) is 0 Å². The number of phenols is 1. The first-order chi connectivity index (χ1) is 34.0. The minimum atomic E-state index is -1.91. The molecule has 0 radical (unpaired) electrons. The Morgan fingerprint density at radius 2 is 1.42 bits per heavy atom. The molecule has 1 aliphatic heterocycles. The van der Waals surface area contributed by atoms with Crippen LogP contribution in [0.2, 0.25) is 0 Å². The second kappa shape index (κ2) is 28.7. The number of carboxylic acids is 2. The van der Waals surface area contributed by atoms with E-state index in [9.17, 15) is 58.5 Å². The van der Waals surface area contributed by atoms with Crippen molar-refractivity contribution in [1.82, 2.24) is 36.8 Å². The fraction of sp³-hybridized carbons (Fsp3) is 0.471. The molecule has 0 bridgehead atoms. The lowest BCUT2D eigenvalue weighted by Crippen LogP contribution is -2.59. The van der Waals surface area contributed by atoms with Crippen LogP contribution in [0.3, 0.4) is 0 Å². The molecule has 21 heteroatoms. The Kier molecular flexibility index (Phi) is 23.7. The SMILES string of the molecule is C=C1C(=O)NC(C)C(=O)NC(Cc2ccc(O)cc2)C(=O)NC(C(=O)O)C(C)C(=O)NC(CCSC)C(=O)NC(/C=C/C(C)=C\C(C)C(Cc2ccccc2)OC)C(C)C(=O)NC(C(=O)O)CCC(=O)N1C. The van der Waals surface area contributed by atoms with Crippen LogP contribution in [0, 0.1) is 17.8 Å². The zero-order chi connectivity index (χ0) is 53.8. The molecular weight excluding hydrogens is 951 g/mol. The summed E-state index contributed by atoms with van der Waals surface area (Å²) in [6, 6.07) is 6.52. The highest BCUT2D eigenvalue weighted by molar-refractivity contribution is 7.98. The summed E-state index contributed by atoms with van der Waals surface area (Å²) in [5.41, 5.74) is 1.79. The minimum Gasteiger partial charge on any atom is -0.508 e. The number of methoxy groups -OCH3 is 1. The summed E-state index contributed by atoms with van der Waals surface area (Å²) < 4.78 is 5.82. The van der Waals surface area contributed by atoms with Gasteiger partial charge in [0.05, 0.1) is 24.0 Å². The van der Waals surface area contributed by atoms with Gasteiger partial charge >= 0.3 is 11.9 Å². The van der Waals surface area contributed by atoms with Crippen molar-refractivity contribution < 1.29 is 63.2 Å². The summed E-state index contributed by atoms with van der Waals surface area (Å²) >= 11 is 1.35. The van der Waals surface area contributed by atoms with Crippen molar-refractivity contribution in [2.75, 3.05) is 26.2 Å². The number of ether oxygens (including phenoxy) is 1. The van der Waals surface area contributed by atoms with Crippen LogP contribution in [0.4, 0.5) is 0 Å². The van der Waals surface area contributed by atoms with Crippen molar-refractivity contribution in [2.24, 2.45) is 17.8 Å². The highest BCUT2D eigenvalue weighted by atomic mass is 32.2. The van der Waals surface area contributed by atoms with E-state index in [0.717, 1.165) is 16.0 Å². The molecule has 0 aromatic heterocycles. The molecule has 0 aliphatic carbocycles. The van der Waals surface area contributed by atoms with Crippen molar-refractivity contribution in [3.8, 4) is 5.75 Å². The minimum absolute atomic E-state index is 0.0360. The van der Waals surface area contributed by atoms with E-state index in [1.165, 1.54) is 63.8 Å². The van der Waals surface area contributed by atoms with Crippen molar-refractivity contribution in [1.29, 1.82) is 0 Å². The Labute approximate surface area is 424 Å². The fourth-order valence-electron chi connectivity index (χ4n) is 7.56. The third-order valence-corrected chi connectivity index (χ3v) is 12.9. The molecule has 2 aromatic carbocycles. The highest BCUT2D eigenvalue weighted by Gasteiger charge is 2.37. The average molecular weight is 1020 g/mol. The standard InChI is InChI=1S/C51H69N7O13S/c1-28(25-29(2)41(71-8)27-34-13-11-10-12-14-34)15-20-37-30(3)44(61)55-39(50(67)68)21-22-42(60)58(7)33(6)47(64)52-32(5)46(63)56-40(26-35-16-18-36(59)19-17-35)49(66)57-43(51(69)70)31(4)45(62)54-38(23-24-72-9)48(65)53-37/h10-20,25,29-32,37-41,43,59H,6,21-24,26-27H2,1-5,7-9H3,(H,52,64)(H,53,65)(H,54,62)(H,55,61)(H,56,63)(H,57,66)(H,67,68)(H,69,70)/b20-15+,28-25-. The normalized spacial score (nSPS) is 25.1. The molecule has 0 spiro atoms. The molecule has 3 rings (SSSR count). The predicted octanol–water partition coefficient (Wildman–Crippen LogP) is 2.22. The molecule has 10 unspecified atom stereocenters. The van der Waals surface area contributed by atoms with Crippen LogP contribution in [0.15, 0.2) is 90.7 Å². The lowest BCUT2D eigenvalue weighted by molar-refractivity contribution is -0.146. The van der Waals surface area contributed by atoms with Crippen molar-refractivity contribution in [2.45, 2.75) is 109 Å². The smallest absolute Gasteiger partial charge is 0.327 e. The van der Waals surface area contributed by atoms with Gasteiger partial charge in [-0.15, -0.1) is 0 Å². The number of carbonyl (C=O) groups is 9. The number of aromatic hydroxyl groups is 1. The summed E-state index contributed by atoms with van der Waals surface area (Å²) in [5, 5.41) is 45.5. The molecule has 20 nitrogen and oxygen atoms in total. The third kappa shape index (κ3) is 18.3. The first-order valence-electron chi connectivity index (χ1n) is 23.4. The number of likely N-dealkylation sites (N-methyl/N-ethyl adjacent to an activating group) is 1. The van der Waals surface area contributed by atoms with Gasteiger partial charge in [0.25, 0.3) is 5.91 Å². The number of hydrogen-bond donors (Lipinski definition) is 9. The summed E-state index contributed by atoms with van der Waals surface area (Å²) in [6.45, 7) is 11.4. The Balaban J connectivity index is 2.10. The van der Waals surface area contributed by atoms with E-state index >= 15 is 0 Å². The Hall–Kier alpha value is -7.00. The van der Waals surface area contributed by atoms with Crippen LogP contribution in [0.5, 0.6) is 5.75 Å². The van der Waals surface area contributed by atoms with Crippen molar-refractivity contribution in [3.05, 3.63) is 102 Å². The second-order valence-electron chi connectivity index (χ2n) is 17.8. The van der Waals surface area contributed by atoms with Crippen LogP contribution in [0.25, 0.3) is 0 Å². The van der Waals surface area contributed by atoms with E-state index in [0.29, 0.717) is 17.7 Å². The number of allylic oxidation sites excluding steroid dienone is 2. The van der Waals surface area contributed by atoms with Gasteiger partial charge in [-0.1, -0.05) is 93.6 Å². The first kappa shape index (κ1) is 59.3. The Morgan fingerprint density at radius 3 is 2.01 bits per heavy atom. The Bertz CT molecular complexity index is 2330. The Morgan fingerprint density at radius 1 is 0.806 bits per heavy atom. The lowest BCUT2D eigenvalue weighted by atomic mass is 9.94. The maximum absolute atomic E-state index is 14.3. The maximum atomic E-state index is 14.3. The molecule has 2 aromatic rings. The van der Waals surface area contributed by atoms with Gasteiger partial charge in [0.1, 0.15) is 41.7 Å². The van der Waals surface area contributed by atoms with Crippen molar-refractivity contribution >= 4 is 65.1 Å². The van der Waals surface area contributed by atoms with Crippen LogP contribution in [0.1, 0.15) is 65.0 Å². The summed E-state index contributed by atoms with van der Waals surface area (Å²) in [6.07, 6.45) is 6.25. The topological polar surface area (TPSA) is 299 Å². The van der Waals surface area contributed by atoms with Gasteiger partial charge in [-0.25, -0.2) is 9.59 Å². The number of carboxylic acid groups (broad SMARTS) is 2. The molecule has 1 fully saturated rings. The highest BCUT2D eigenvalue weighted by Crippen LogP contribution is 2.19. The van der Waals surface area contributed by atoms with E-state index in [4.69, 9.17) is 4.74 Å². The van der Waals surface area contributed by atoms with E-state index in [1.54, 1.807) is 25.5 Å². The molecule has 9 N–H and O–H groups in total. The number of carbonyl (C=O) groups excluding carboxylic acids is 7. The number of amides is 7. The molecule has 0 saturated carbocycles. The number of thioether (sulfide) groups is 1. The predicted molar refractivity (Wildman–Crippen MR) is 270 cm³/mol. The number of aliphatic carboxylic acids is 2. The van der Waals surface area contributed by atoms with Gasteiger partial charge in [0, 0.05) is 32.9 Å². The van der Waals surface area contributed by atoms with Gasteiger partial charge < -0.3 is 56.9 Å². The number of nitrogens with zero attached hydrogens (tertiary/aromatic N) is 1. The molecular formula is C51H69N7O13S. The zero-order valence-corrected chi connectivity index (χ0v) is 42.7. The number of nitrogens with one attached hydrogen (secondary N) is 6. The average Bonchev–Trinajstić information content (AvgIpc) is 3.34. The van der Waals surface area contributed by atoms with Gasteiger partial charge in [0.2, 0.25) is 35.4 Å². The molecule has 1 saturated heterocycles. The van der Waals surface area contributed by atoms with E-state index < -0.39 is 120 Å². The summed E-state index contributed by atoms with van der Waals surface area (Å²) in [5.74, 6) is -11.9. The van der Waals surface area contributed by atoms with Crippen LogP contribution >= 0.6 is 11.8 Å².